The first kappa shape index (κ1) is 32.2. The van der Waals surface area contributed by atoms with Crippen LogP contribution in [0.2, 0.25) is 18.1 Å². The molecule has 1 heterocycles. The van der Waals surface area contributed by atoms with Gasteiger partial charge in [-0.3, -0.25) is 30.1 Å². The number of rotatable bonds is 13. The molecular formula is C27H36N4O8SSi. The summed E-state index contributed by atoms with van der Waals surface area (Å²) in [6.07, 6.45) is 1.55. The van der Waals surface area contributed by atoms with Crippen molar-refractivity contribution >= 4 is 29.7 Å². The van der Waals surface area contributed by atoms with Crippen LogP contribution in [0.3, 0.4) is 0 Å². The van der Waals surface area contributed by atoms with E-state index < -0.39 is 51.4 Å². The van der Waals surface area contributed by atoms with E-state index in [9.17, 15) is 28.6 Å². The maximum absolute atomic E-state index is 14.0. The van der Waals surface area contributed by atoms with Crippen molar-refractivity contribution < 1.29 is 27.5 Å². The van der Waals surface area contributed by atoms with Crippen molar-refractivity contribution in [2.24, 2.45) is 4.99 Å². The summed E-state index contributed by atoms with van der Waals surface area (Å²) in [6.45, 7) is 9.95. The molecule has 14 heteroatoms. The fourth-order valence-corrected chi connectivity index (χ4v) is 6.38. The molecule has 0 radical (unpaired) electrons. The van der Waals surface area contributed by atoms with E-state index in [2.05, 4.69) is 38.9 Å². The number of nitro groups is 2. The lowest BCUT2D eigenvalue weighted by atomic mass is 10.00. The SMILES string of the molecule is CC(C)(C)[Si](C)(C)OCC1=NCC(N(OCc2ccccc2)S(=O)(=O)c2ccccc2[N+](=O)[O-])C(CC[N+](=O)[O-])=C1. The molecule has 2 aromatic carbocycles. The van der Waals surface area contributed by atoms with Crippen molar-refractivity contribution in [1.82, 2.24) is 4.47 Å². The minimum Gasteiger partial charge on any atom is -0.411 e. The summed E-state index contributed by atoms with van der Waals surface area (Å²) in [5.41, 5.74) is 0.990. The predicted molar refractivity (Wildman–Crippen MR) is 157 cm³/mol. The number of nitro benzene ring substituents is 1. The second kappa shape index (κ2) is 13.1. The van der Waals surface area contributed by atoms with Gasteiger partial charge in [-0.1, -0.05) is 67.7 Å². The highest BCUT2D eigenvalue weighted by Gasteiger charge is 2.41. The fourth-order valence-electron chi connectivity index (χ4n) is 3.86. The van der Waals surface area contributed by atoms with E-state index in [0.29, 0.717) is 21.3 Å². The summed E-state index contributed by atoms with van der Waals surface area (Å²) in [5.74, 6) is 0. The number of aliphatic imine (C=N–C) groups is 1. The molecular weight excluding hydrogens is 568 g/mol. The van der Waals surface area contributed by atoms with Crippen LogP contribution in [-0.2, 0) is 25.9 Å². The van der Waals surface area contributed by atoms with E-state index in [0.717, 1.165) is 12.1 Å². The van der Waals surface area contributed by atoms with Gasteiger partial charge in [0.15, 0.2) is 13.2 Å². The van der Waals surface area contributed by atoms with Crippen LogP contribution in [0.1, 0.15) is 32.8 Å². The van der Waals surface area contributed by atoms with Gasteiger partial charge in [-0.05, 0) is 41.4 Å². The fraction of sp³-hybridized carbons (Fsp3) is 0.444. The Balaban J connectivity index is 2.03. The summed E-state index contributed by atoms with van der Waals surface area (Å²) < 4.78 is 34.9. The van der Waals surface area contributed by atoms with Gasteiger partial charge in [0.1, 0.15) is 0 Å². The van der Waals surface area contributed by atoms with Gasteiger partial charge in [0.05, 0.1) is 36.4 Å². The number of hydrogen-bond donors (Lipinski definition) is 0. The van der Waals surface area contributed by atoms with Gasteiger partial charge in [0, 0.05) is 17.4 Å². The van der Waals surface area contributed by atoms with Gasteiger partial charge in [0.2, 0.25) is 6.54 Å². The highest BCUT2D eigenvalue weighted by molar-refractivity contribution is 7.89. The Bertz CT molecular complexity index is 1420. The first-order chi connectivity index (χ1) is 19.1. The maximum atomic E-state index is 14.0. The molecule has 2 aromatic rings. The Morgan fingerprint density at radius 2 is 1.66 bits per heavy atom. The molecule has 0 spiro atoms. The first-order valence-corrected chi connectivity index (χ1v) is 17.4. The molecule has 0 bridgehead atoms. The Hall–Kier alpha value is -3.30. The van der Waals surface area contributed by atoms with Crippen molar-refractivity contribution in [3.8, 4) is 0 Å². The quantitative estimate of drug-likeness (QED) is 0.173. The zero-order valence-electron chi connectivity index (χ0n) is 23.8. The lowest BCUT2D eigenvalue weighted by molar-refractivity contribution is -0.479. The number of hydroxylamine groups is 1. The topological polar surface area (TPSA) is 154 Å². The van der Waals surface area contributed by atoms with Crippen LogP contribution in [0.15, 0.2) is 76.1 Å². The second-order valence-corrected chi connectivity index (χ2v) is 17.7. The summed E-state index contributed by atoms with van der Waals surface area (Å²) >= 11 is 0. The number of dihydropyridines is 1. The third-order valence-electron chi connectivity index (χ3n) is 7.25. The average molecular weight is 605 g/mol. The van der Waals surface area contributed by atoms with Crippen LogP contribution in [0.25, 0.3) is 0 Å². The molecule has 222 valence electrons. The summed E-state index contributed by atoms with van der Waals surface area (Å²) in [6, 6.07) is 12.7. The number of nitrogens with zero attached hydrogens (tertiary/aromatic N) is 4. The summed E-state index contributed by atoms with van der Waals surface area (Å²) in [4.78, 5) is 31.6. The smallest absolute Gasteiger partial charge is 0.289 e. The summed E-state index contributed by atoms with van der Waals surface area (Å²) in [5, 5.41) is 23.0. The van der Waals surface area contributed by atoms with E-state index in [1.54, 1.807) is 36.4 Å². The Kier molecular flexibility index (Phi) is 10.3. The molecule has 0 N–H and O–H groups in total. The molecule has 3 rings (SSSR count). The number of sulfonamides is 1. The van der Waals surface area contributed by atoms with Gasteiger partial charge in [0.25, 0.3) is 15.7 Å². The average Bonchev–Trinajstić information content (AvgIpc) is 2.91. The highest BCUT2D eigenvalue weighted by Crippen LogP contribution is 2.37. The van der Waals surface area contributed by atoms with Gasteiger partial charge < -0.3 is 4.43 Å². The van der Waals surface area contributed by atoms with Crippen LogP contribution in [0.5, 0.6) is 0 Å². The van der Waals surface area contributed by atoms with Crippen LogP contribution in [-0.4, -0.2) is 62.5 Å². The molecule has 1 unspecified atom stereocenters. The van der Waals surface area contributed by atoms with Crippen molar-refractivity contribution in [2.75, 3.05) is 19.7 Å². The van der Waals surface area contributed by atoms with Crippen molar-refractivity contribution in [3.63, 3.8) is 0 Å². The van der Waals surface area contributed by atoms with Gasteiger partial charge >= 0.3 is 0 Å². The molecule has 0 amide bonds. The van der Waals surface area contributed by atoms with E-state index in [1.165, 1.54) is 12.1 Å². The lowest BCUT2D eigenvalue weighted by Gasteiger charge is -2.37. The minimum atomic E-state index is -4.63. The third-order valence-corrected chi connectivity index (χ3v) is 13.5. The molecule has 1 atom stereocenters. The van der Waals surface area contributed by atoms with E-state index in [4.69, 9.17) is 9.26 Å². The zero-order chi connectivity index (χ0) is 30.4. The second-order valence-electron chi connectivity index (χ2n) is 11.2. The van der Waals surface area contributed by atoms with Gasteiger partial charge in [-0.15, -0.1) is 0 Å². The van der Waals surface area contributed by atoms with Crippen molar-refractivity contribution in [2.45, 2.75) is 62.9 Å². The largest absolute Gasteiger partial charge is 0.411 e. The molecule has 0 fully saturated rings. The minimum absolute atomic E-state index is 0.0521. The number of benzene rings is 2. The zero-order valence-corrected chi connectivity index (χ0v) is 25.7. The molecule has 0 saturated heterocycles. The van der Waals surface area contributed by atoms with E-state index >= 15 is 0 Å². The first-order valence-electron chi connectivity index (χ1n) is 13.1. The normalized spacial score (nSPS) is 16.3. The molecule has 12 nitrogen and oxygen atoms in total. The number of para-hydroxylation sites is 1. The monoisotopic (exact) mass is 604 g/mol. The van der Waals surface area contributed by atoms with Crippen molar-refractivity contribution in [1.29, 1.82) is 0 Å². The van der Waals surface area contributed by atoms with E-state index in [-0.39, 0.29) is 31.2 Å². The molecule has 1 aliphatic heterocycles. The predicted octanol–water partition coefficient (Wildman–Crippen LogP) is 5.16. The maximum Gasteiger partial charge on any atom is 0.289 e. The number of hydrogen-bond acceptors (Lipinski definition) is 9. The summed E-state index contributed by atoms with van der Waals surface area (Å²) in [7, 11) is -6.77. The van der Waals surface area contributed by atoms with Crippen LogP contribution in [0.4, 0.5) is 5.69 Å². The van der Waals surface area contributed by atoms with Gasteiger partial charge in [-0.2, -0.15) is 0 Å². The van der Waals surface area contributed by atoms with Crippen molar-refractivity contribution in [3.05, 3.63) is 92.0 Å². The molecule has 1 aliphatic rings. The Morgan fingerprint density at radius 1 is 1.02 bits per heavy atom. The van der Waals surface area contributed by atoms with Gasteiger partial charge in [-0.25, -0.2) is 8.42 Å². The van der Waals surface area contributed by atoms with Crippen LogP contribution >= 0.6 is 0 Å². The van der Waals surface area contributed by atoms with Crippen LogP contribution < -0.4 is 0 Å². The van der Waals surface area contributed by atoms with Crippen LogP contribution in [0, 0.1) is 20.2 Å². The molecule has 0 saturated carbocycles. The van der Waals surface area contributed by atoms with E-state index in [1.807, 2.05) is 0 Å². The molecule has 41 heavy (non-hydrogen) atoms. The third kappa shape index (κ3) is 8.13. The standard InChI is InChI=1S/C27H36N4O8SSi/c1-27(2,3)41(4,5)39-20-23-17-22(15-16-29(32)33)25(18-28-23)31(38-19-21-11-7-6-8-12-21)40(36,37)26-14-10-9-13-24(26)30(34)35/h6-14,17,25H,15-16,18-20H2,1-5H3. The molecule has 0 aliphatic carbocycles. The molecule has 0 aromatic heterocycles. The Morgan fingerprint density at radius 3 is 2.27 bits per heavy atom. The lowest BCUT2D eigenvalue weighted by Crippen LogP contribution is -2.46. The Labute approximate surface area is 241 Å². The highest BCUT2D eigenvalue weighted by atomic mass is 32.2.